The molecule has 0 aliphatic rings. The zero-order valence-electron chi connectivity index (χ0n) is 10.4. The van der Waals surface area contributed by atoms with E-state index in [2.05, 4.69) is 45.7 Å². The number of aromatic nitrogens is 3. The van der Waals surface area contributed by atoms with Gasteiger partial charge in [-0.2, -0.15) is 0 Å². The number of ether oxygens (including phenoxy) is 1. The van der Waals surface area contributed by atoms with Crippen LogP contribution in [0.2, 0.25) is 25.7 Å². The molecule has 7 heteroatoms. The summed E-state index contributed by atoms with van der Waals surface area (Å²) in [6.07, 6.45) is 1.52. The third kappa shape index (κ3) is 5.56. The van der Waals surface area contributed by atoms with Crippen molar-refractivity contribution >= 4 is 29.8 Å². The molecule has 1 aromatic rings. The maximum absolute atomic E-state index is 11.3. The van der Waals surface area contributed by atoms with E-state index in [0.29, 0.717) is 6.73 Å². The first-order valence-corrected chi connectivity index (χ1v) is 10.3. The van der Waals surface area contributed by atoms with Crippen LogP contribution >= 0.6 is 15.9 Å². The monoisotopic (exact) mass is 319 g/mol. The van der Waals surface area contributed by atoms with Gasteiger partial charge in [-0.25, -0.2) is 9.67 Å². The molecule has 0 aliphatic heterocycles. The summed E-state index contributed by atoms with van der Waals surface area (Å²) < 4.78 is 7.04. The first kappa shape index (κ1) is 14.5. The summed E-state index contributed by atoms with van der Waals surface area (Å²) in [7, 11) is -1.04. The zero-order valence-corrected chi connectivity index (χ0v) is 13.0. The van der Waals surface area contributed by atoms with Gasteiger partial charge in [0, 0.05) is 14.7 Å². The lowest BCUT2D eigenvalue weighted by atomic mass is 10.4. The molecule has 0 aliphatic carbocycles. The first-order valence-electron chi connectivity index (χ1n) is 5.49. The normalized spacial score (nSPS) is 11.8. The van der Waals surface area contributed by atoms with E-state index >= 15 is 0 Å². The minimum Gasteiger partial charge on any atom is -0.359 e. The Balaban J connectivity index is 2.33. The number of alkyl halides is 1. The van der Waals surface area contributed by atoms with Gasteiger partial charge in [-0.1, -0.05) is 35.6 Å². The average Bonchev–Trinajstić information content (AvgIpc) is 2.70. The standard InChI is InChI=1S/C10H18BrN3O2Si/c1-17(2,3)5-4-16-8-14-7-12-10(13-14)9(15)6-11/h7H,4-6,8H2,1-3H3. The SMILES string of the molecule is C[Si](C)(C)CCOCn1cnc(C(=O)CBr)n1. The molecule has 0 radical (unpaired) electrons. The van der Waals surface area contributed by atoms with Crippen LogP contribution in [-0.2, 0) is 11.5 Å². The Hall–Kier alpha value is -0.533. The van der Waals surface area contributed by atoms with Gasteiger partial charge in [0.15, 0.2) is 0 Å². The van der Waals surface area contributed by atoms with Crippen molar-refractivity contribution in [2.75, 3.05) is 11.9 Å². The number of rotatable bonds is 7. The minimum absolute atomic E-state index is 0.120. The highest BCUT2D eigenvalue weighted by molar-refractivity contribution is 9.09. The molecule has 0 atom stereocenters. The second-order valence-electron chi connectivity index (χ2n) is 5.01. The quantitative estimate of drug-likeness (QED) is 0.334. The van der Waals surface area contributed by atoms with Crippen LogP contribution in [-0.4, -0.2) is 40.6 Å². The first-order chi connectivity index (χ1) is 7.92. The van der Waals surface area contributed by atoms with Crippen molar-refractivity contribution in [1.82, 2.24) is 14.8 Å². The van der Waals surface area contributed by atoms with Crippen molar-refractivity contribution in [2.24, 2.45) is 0 Å². The summed E-state index contributed by atoms with van der Waals surface area (Å²) >= 11 is 3.08. The number of halogens is 1. The van der Waals surface area contributed by atoms with E-state index in [4.69, 9.17) is 4.74 Å². The highest BCUT2D eigenvalue weighted by atomic mass is 79.9. The van der Waals surface area contributed by atoms with Gasteiger partial charge in [0.2, 0.25) is 11.6 Å². The molecule has 0 amide bonds. The summed E-state index contributed by atoms with van der Waals surface area (Å²) in [5.74, 6) is 0.113. The molecule has 0 bridgehead atoms. The lowest BCUT2D eigenvalue weighted by Gasteiger charge is -2.15. The van der Waals surface area contributed by atoms with Crippen LogP contribution in [0.5, 0.6) is 0 Å². The van der Waals surface area contributed by atoms with Crippen molar-refractivity contribution in [1.29, 1.82) is 0 Å². The van der Waals surface area contributed by atoms with Crippen molar-refractivity contribution in [3.63, 3.8) is 0 Å². The molecule has 1 heterocycles. The molecule has 0 fully saturated rings. The molecule has 0 spiro atoms. The highest BCUT2D eigenvalue weighted by Crippen LogP contribution is 2.07. The number of hydrogen-bond donors (Lipinski definition) is 0. The van der Waals surface area contributed by atoms with Gasteiger partial charge >= 0.3 is 0 Å². The van der Waals surface area contributed by atoms with E-state index in [9.17, 15) is 4.79 Å². The smallest absolute Gasteiger partial charge is 0.218 e. The van der Waals surface area contributed by atoms with Gasteiger partial charge in [-0.3, -0.25) is 4.79 Å². The van der Waals surface area contributed by atoms with Crippen LogP contribution in [0.4, 0.5) is 0 Å². The zero-order chi connectivity index (χ0) is 12.9. The summed E-state index contributed by atoms with van der Waals surface area (Å²) in [6, 6.07) is 1.12. The van der Waals surface area contributed by atoms with E-state index in [0.717, 1.165) is 12.7 Å². The predicted octanol–water partition coefficient (Wildman–Crippen LogP) is 2.17. The maximum Gasteiger partial charge on any atom is 0.218 e. The summed E-state index contributed by atoms with van der Waals surface area (Å²) in [6.45, 7) is 8.00. The number of ketones is 1. The third-order valence-corrected chi connectivity index (χ3v) is 4.34. The Labute approximate surface area is 111 Å². The summed E-state index contributed by atoms with van der Waals surface area (Å²) in [5, 5.41) is 4.27. The van der Waals surface area contributed by atoms with Gasteiger partial charge < -0.3 is 4.74 Å². The van der Waals surface area contributed by atoms with E-state index in [1.165, 1.54) is 6.33 Å². The Kier molecular flexibility index (Phi) is 5.48. The molecule has 1 aromatic heterocycles. The second kappa shape index (κ2) is 6.41. The van der Waals surface area contributed by atoms with Crippen LogP contribution in [0.15, 0.2) is 6.33 Å². The van der Waals surface area contributed by atoms with Crippen LogP contribution in [0, 0.1) is 0 Å². The fraction of sp³-hybridized carbons (Fsp3) is 0.700. The molecule has 0 saturated carbocycles. The number of carbonyl (C=O) groups is 1. The molecule has 0 unspecified atom stereocenters. The number of hydrogen-bond acceptors (Lipinski definition) is 4. The Morgan fingerprint density at radius 3 is 2.82 bits per heavy atom. The van der Waals surface area contributed by atoms with E-state index in [1.54, 1.807) is 4.68 Å². The summed E-state index contributed by atoms with van der Waals surface area (Å²) in [4.78, 5) is 15.2. The highest BCUT2D eigenvalue weighted by Gasteiger charge is 2.12. The van der Waals surface area contributed by atoms with Crippen LogP contribution in [0.1, 0.15) is 10.6 Å². The Morgan fingerprint density at radius 2 is 2.24 bits per heavy atom. The van der Waals surface area contributed by atoms with Gasteiger partial charge in [-0.15, -0.1) is 5.10 Å². The van der Waals surface area contributed by atoms with Crippen molar-refractivity contribution in [3.05, 3.63) is 12.2 Å². The van der Waals surface area contributed by atoms with Gasteiger partial charge in [0.1, 0.15) is 13.1 Å². The van der Waals surface area contributed by atoms with Crippen LogP contribution in [0.3, 0.4) is 0 Å². The molecule has 5 nitrogen and oxygen atoms in total. The Morgan fingerprint density at radius 1 is 1.53 bits per heavy atom. The predicted molar refractivity (Wildman–Crippen MR) is 72.3 cm³/mol. The fourth-order valence-electron chi connectivity index (χ4n) is 1.08. The number of Topliss-reactive ketones (excluding diaryl/α,β-unsaturated/α-hetero) is 1. The second-order valence-corrected chi connectivity index (χ2v) is 11.2. The molecule has 96 valence electrons. The molecule has 17 heavy (non-hydrogen) atoms. The van der Waals surface area contributed by atoms with E-state index in [-0.39, 0.29) is 16.9 Å². The van der Waals surface area contributed by atoms with Crippen molar-refractivity contribution in [2.45, 2.75) is 32.4 Å². The van der Waals surface area contributed by atoms with E-state index in [1.807, 2.05) is 0 Å². The van der Waals surface area contributed by atoms with Gasteiger partial charge in [-0.05, 0) is 6.04 Å². The number of nitrogens with zero attached hydrogens (tertiary/aromatic N) is 3. The van der Waals surface area contributed by atoms with E-state index < -0.39 is 8.07 Å². The average molecular weight is 320 g/mol. The topological polar surface area (TPSA) is 57.0 Å². The lowest BCUT2D eigenvalue weighted by molar-refractivity contribution is 0.0778. The van der Waals surface area contributed by atoms with Crippen molar-refractivity contribution in [3.8, 4) is 0 Å². The largest absolute Gasteiger partial charge is 0.359 e. The molecule has 1 rings (SSSR count). The minimum atomic E-state index is -1.04. The maximum atomic E-state index is 11.3. The van der Waals surface area contributed by atoms with Crippen LogP contribution < -0.4 is 0 Å². The molecular formula is C10H18BrN3O2Si. The molecule has 0 saturated heterocycles. The van der Waals surface area contributed by atoms with Gasteiger partial charge in [0.05, 0.1) is 5.33 Å². The Bertz CT molecular complexity index is 376. The molecule has 0 N–H and O–H groups in total. The van der Waals surface area contributed by atoms with Crippen LogP contribution in [0.25, 0.3) is 0 Å². The third-order valence-electron chi connectivity index (χ3n) is 2.13. The van der Waals surface area contributed by atoms with Gasteiger partial charge in [0.25, 0.3) is 0 Å². The lowest BCUT2D eigenvalue weighted by Crippen LogP contribution is -2.22. The fourth-order valence-corrected chi connectivity index (χ4v) is 2.09. The summed E-state index contributed by atoms with van der Waals surface area (Å²) in [5.41, 5.74) is 0. The van der Waals surface area contributed by atoms with Crippen molar-refractivity contribution < 1.29 is 9.53 Å². The number of carbonyl (C=O) groups excluding carboxylic acids is 1. The molecular weight excluding hydrogens is 302 g/mol. The molecule has 0 aromatic carbocycles.